The third-order valence-electron chi connectivity index (χ3n) is 1.28. The van der Waals surface area contributed by atoms with Crippen LogP contribution < -0.4 is 5.32 Å². The van der Waals surface area contributed by atoms with E-state index in [0.29, 0.717) is 9.90 Å². The minimum atomic E-state index is 0.528. The topological polar surface area (TPSA) is 12.0 Å². The molecule has 1 rings (SSSR count). The van der Waals surface area contributed by atoms with E-state index in [2.05, 4.69) is 37.2 Å². The Morgan fingerprint density at radius 1 is 1.12 bits per heavy atom. The average Bonchev–Trinajstić information content (AvgIpc) is 1.64. The molecule has 1 N–H and O–H groups in total. The van der Waals surface area contributed by atoms with Crippen molar-refractivity contribution >= 4 is 31.9 Å². The molecule has 1 nitrogen and oxygen atoms in total. The highest BCUT2D eigenvalue weighted by Gasteiger charge is 2.14. The molecular weight excluding hydrogens is 234 g/mol. The van der Waals surface area contributed by atoms with E-state index in [1.807, 2.05) is 0 Å². The Hall–Kier alpha value is 0.920. The summed E-state index contributed by atoms with van der Waals surface area (Å²) >= 11 is 6.98. The van der Waals surface area contributed by atoms with E-state index in [1.165, 1.54) is 19.3 Å². The normalized spacial score (nSPS) is 39.8. The van der Waals surface area contributed by atoms with Gasteiger partial charge < -0.3 is 0 Å². The smallest absolute Gasteiger partial charge is 0.0639 e. The lowest BCUT2D eigenvalue weighted by Gasteiger charge is -2.22. The molecule has 1 aliphatic heterocycles. The predicted molar refractivity (Wildman–Crippen MR) is 42.4 cm³/mol. The fourth-order valence-corrected chi connectivity index (χ4v) is 2.48. The summed E-state index contributed by atoms with van der Waals surface area (Å²) in [6.45, 7) is 0. The lowest BCUT2D eigenvalue weighted by atomic mass is 10.2. The maximum absolute atomic E-state index is 3.49. The number of rotatable bonds is 0. The lowest BCUT2D eigenvalue weighted by molar-refractivity contribution is 0.476. The number of alkyl halides is 2. The molecule has 1 aliphatic rings. The van der Waals surface area contributed by atoms with Crippen molar-refractivity contribution in [1.82, 2.24) is 5.32 Å². The number of nitrogens with one attached hydrogen (secondary N) is 1. The minimum Gasteiger partial charge on any atom is -0.293 e. The first kappa shape index (κ1) is 7.03. The molecule has 1 saturated heterocycles. The van der Waals surface area contributed by atoms with Crippen LogP contribution in [-0.2, 0) is 0 Å². The number of hydrogen-bond donors (Lipinski definition) is 1. The second-order valence-corrected chi connectivity index (χ2v) is 4.24. The summed E-state index contributed by atoms with van der Waals surface area (Å²) in [5.74, 6) is 0. The predicted octanol–water partition coefficient (Wildman–Crippen LogP) is 2.20. The standard InChI is InChI=1S/C5H9Br2N/c6-4-2-1-3-5(7)8-4/h4-5,8H,1-3H2/t4-,5+. The van der Waals surface area contributed by atoms with Crippen molar-refractivity contribution in [2.75, 3.05) is 0 Å². The fraction of sp³-hybridized carbons (Fsp3) is 1.00. The number of hydrogen-bond acceptors (Lipinski definition) is 1. The van der Waals surface area contributed by atoms with Crippen LogP contribution in [0.1, 0.15) is 19.3 Å². The van der Waals surface area contributed by atoms with Gasteiger partial charge in [0.25, 0.3) is 0 Å². The zero-order valence-corrected chi connectivity index (χ0v) is 7.70. The zero-order valence-electron chi connectivity index (χ0n) is 4.53. The Labute approximate surface area is 66.5 Å². The van der Waals surface area contributed by atoms with E-state index in [0.717, 1.165) is 0 Å². The maximum atomic E-state index is 3.49. The fourth-order valence-electron chi connectivity index (χ4n) is 0.839. The molecule has 0 amide bonds. The van der Waals surface area contributed by atoms with Gasteiger partial charge in [-0.25, -0.2) is 0 Å². The molecule has 3 heteroatoms. The summed E-state index contributed by atoms with van der Waals surface area (Å²) in [5.41, 5.74) is 0. The largest absolute Gasteiger partial charge is 0.293 e. The second kappa shape index (κ2) is 3.18. The van der Waals surface area contributed by atoms with E-state index in [9.17, 15) is 0 Å². The van der Waals surface area contributed by atoms with E-state index >= 15 is 0 Å². The first-order valence-electron chi connectivity index (χ1n) is 2.83. The van der Waals surface area contributed by atoms with Gasteiger partial charge in [-0.2, -0.15) is 0 Å². The summed E-state index contributed by atoms with van der Waals surface area (Å²) < 4.78 is 0. The molecule has 48 valence electrons. The molecule has 0 aromatic carbocycles. The third-order valence-corrected chi connectivity index (χ3v) is 2.72. The van der Waals surface area contributed by atoms with Gasteiger partial charge in [-0.1, -0.05) is 31.9 Å². The van der Waals surface area contributed by atoms with Gasteiger partial charge in [-0.15, -0.1) is 0 Å². The van der Waals surface area contributed by atoms with Gasteiger partial charge in [0.05, 0.1) is 9.90 Å². The van der Waals surface area contributed by atoms with Crippen molar-refractivity contribution in [3.8, 4) is 0 Å². The van der Waals surface area contributed by atoms with E-state index in [1.54, 1.807) is 0 Å². The monoisotopic (exact) mass is 241 g/mol. The molecule has 0 unspecified atom stereocenters. The molecule has 0 aromatic rings. The summed E-state index contributed by atoms with van der Waals surface area (Å²) in [4.78, 5) is 1.06. The van der Waals surface area contributed by atoms with Gasteiger partial charge in [0.1, 0.15) is 0 Å². The first-order valence-corrected chi connectivity index (χ1v) is 4.66. The van der Waals surface area contributed by atoms with Gasteiger partial charge in [0, 0.05) is 0 Å². The highest BCUT2D eigenvalue weighted by Crippen LogP contribution is 2.19. The molecule has 1 heterocycles. The van der Waals surface area contributed by atoms with Crippen LogP contribution in [0.4, 0.5) is 0 Å². The molecule has 0 aliphatic carbocycles. The SMILES string of the molecule is Br[C@@H]1CCC[C@H](Br)N1. The molecular formula is C5H9Br2N. The van der Waals surface area contributed by atoms with Crippen molar-refractivity contribution in [3.05, 3.63) is 0 Å². The van der Waals surface area contributed by atoms with Gasteiger partial charge in [-0.3, -0.25) is 5.32 Å². The Balaban J connectivity index is 2.23. The number of halogens is 2. The summed E-state index contributed by atoms with van der Waals surface area (Å²) in [6, 6.07) is 0. The molecule has 1 fully saturated rings. The second-order valence-electron chi connectivity index (χ2n) is 2.03. The zero-order chi connectivity index (χ0) is 5.98. The van der Waals surface area contributed by atoms with Crippen molar-refractivity contribution in [2.24, 2.45) is 0 Å². The first-order chi connectivity index (χ1) is 3.79. The quantitative estimate of drug-likeness (QED) is 0.508. The van der Waals surface area contributed by atoms with Crippen LogP contribution in [0.15, 0.2) is 0 Å². The van der Waals surface area contributed by atoms with Crippen LogP contribution in [0.5, 0.6) is 0 Å². The van der Waals surface area contributed by atoms with Crippen LogP contribution >= 0.6 is 31.9 Å². The average molecular weight is 243 g/mol. The Kier molecular flexibility index (Phi) is 2.80. The van der Waals surface area contributed by atoms with E-state index in [4.69, 9.17) is 0 Å². The van der Waals surface area contributed by atoms with E-state index < -0.39 is 0 Å². The molecule has 8 heavy (non-hydrogen) atoms. The van der Waals surface area contributed by atoms with Gasteiger partial charge in [0.15, 0.2) is 0 Å². The van der Waals surface area contributed by atoms with Gasteiger partial charge >= 0.3 is 0 Å². The van der Waals surface area contributed by atoms with Crippen molar-refractivity contribution < 1.29 is 0 Å². The van der Waals surface area contributed by atoms with Crippen LogP contribution in [0.3, 0.4) is 0 Å². The van der Waals surface area contributed by atoms with Crippen LogP contribution in [-0.4, -0.2) is 9.90 Å². The molecule has 0 aromatic heterocycles. The number of piperidine rings is 1. The Bertz CT molecular complexity index is 68.8. The summed E-state index contributed by atoms with van der Waals surface area (Å²) in [7, 11) is 0. The van der Waals surface area contributed by atoms with Gasteiger partial charge in [-0.05, 0) is 19.3 Å². The van der Waals surface area contributed by atoms with Gasteiger partial charge in [0.2, 0.25) is 0 Å². The molecule has 0 saturated carbocycles. The van der Waals surface area contributed by atoms with Crippen LogP contribution in [0, 0.1) is 0 Å². The maximum Gasteiger partial charge on any atom is 0.0639 e. The Morgan fingerprint density at radius 3 is 1.88 bits per heavy atom. The molecule has 0 radical (unpaired) electrons. The van der Waals surface area contributed by atoms with Crippen molar-refractivity contribution in [2.45, 2.75) is 29.2 Å². The van der Waals surface area contributed by atoms with Crippen LogP contribution in [0.2, 0.25) is 0 Å². The third kappa shape index (κ3) is 2.03. The lowest BCUT2D eigenvalue weighted by Crippen LogP contribution is -2.34. The summed E-state index contributed by atoms with van der Waals surface area (Å²) in [6.07, 6.45) is 3.82. The molecule has 0 bridgehead atoms. The van der Waals surface area contributed by atoms with Crippen molar-refractivity contribution in [1.29, 1.82) is 0 Å². The molecule has 2 atom stereocenters. The Morgan fingerprint density at radius 2 is 1.62 bits per heavy atom. The highest BCUT2D eigenvalue weighted by molar-refractivity contribution is 9.10. The minimum absolute atomic E-state index is 0.528. The summed E-state index contributed by atoms with van der Waals surface area (Å²) in [5, 5.41) is 3.31. The van der Waals surface area contributed by atoms with Crippen LogP contribution in [0.25, 0.3) is 0 Å². The molecule has 0 spiro atoms. The van der Waals surface area contributed by atoms with Crippen molar-refractivity contribution in [3.63, 3.8) is 0 Å². The van der Waals surface area contributed by atoms with E-state index in [-0.39, 0.29) is 0 Å². The highest BCUT2D eigenvalue weighted by atomic mass is 79.9.